The highest BCUT2D eigenvalue weighted by Crippen LogP contribution is 2.30. The maximum absolute atomic E-state index is 12.8. The molecule has 1 unspecified atom stereocenters. The van der Waals surface area contributed by atoms with Crippen molar-refractivity contribution in [2.24, 2.45) is 0 Å². The Balaban J connectivity index is 1.58. The summed E-state index contributed by atoms with van der Waals surface area (Å²) < 4.78 is 5.30. The van der Waals surface area contributed by atoms with E-state index >= 15 is 0 Å². The van der Waals surface area contributed by atoms with Crippen LogP contribution in [0, 0.1) is 0 Å². The molecule has 0 saturated carbocycles. The Morgan fingerprint density at radius 3 is 2.60 bits per heavy atom. The molecule has 0 aliphatic carbocycles. The number of β-amino-alcohol motifs (C(OH)–C–C–N with tert-alkyl or cyclic N) is 1. The van der Waals surface area contributed by atoms with Crippen LogP contribution in [-0.2, 0) is 11.2 Å². The number of benzene rings is 1. The van der Waals surface area contributed by atoms with Crippen molar-refractivity contribution in [2.75, 3.05) is 57.8 Å². The van der Waals surface area contributed by atoms with Crippen molar-refractivity contribution in [3.63, 3.8) is 0 Å². The number of hydrogen-bond acceptors (Lipinski definition) is 5. The molecule has 1 amide bonds. The van der Waals surface area contributed by atoms with E-state index in [1.165, 1.54) is 5.56 Å². The van der Waals surface area contributed by atoms with Gasteiger partial charge in [-0.2, -0.15) is 0 Å². The molecule has 0 radical (unpaired) electrons. The highest BCUT2D eigenvalue weighted by atomic mass is 16.5. The number of amides is 1. The van der Waals surface area contributed by atoms with Gasteiger partial charge in [-0.15, -0.1) is 0 Å². The van der Waals surface area contributed by atoms with Crippen molar-refractivity contribution in [3.05, 3.63) is 23.8 Å². The van der Waals surface area contributed by atoms with Crippen LogP contribution in [0.5, 0.6) is 5.75 Å². The van der Waals surface area contributed by atoms with Gasteiger partial charge in [-0.3, -0.25) is 14.6 Å². The Labute approximate surface area is 150 Å². The van der Waals surface area contributed by atoms with E-state index in [2.05, 4.69) is 9.80 Å². The SMILES string of the molecule is COc1ccc2c(c1)CCCN2C(=O)CN1CCN(CC(C)O)CC1. The van der Waals surface area contributed by atoms with Gasteiger partial charge in [0.2, 0.25) is 5.91 Å². The maximum Gasteiger partial charge on any atom is 0.241 e. The van der Waals surface area contributed by atoms with Crippen LogP contribution in [0.2, 0.25) is 0 Å². The number of methoxy groups -OCH3 is 1. The fraction of sp³-hybridized carbons (Fsp3) is 0.632. The van der Waals surface area contributed by atoms with Gasteiger partial charge in [0.15, 0.2) is 0 Å². The summed E-state index contributed by atoms with van der Waals surface area (Å²) in [4.78, 5) is 19.3. The first-order chi connectivity index (χ1) is 12.1. The van der Waals surface area contributed by atoms with Gasteiger partial charge in [-0.05, 0) is 43.5 Å². The third-order valence-corrected chi connectivity index (χ3v) is 5.05. The van der Waals surface area contributed by atoms with E-state index in [1.54, 1.807) is 7.11 Å². The molecule has 1 aromatic carbocycles. The van der Waals surface area contributed by atoms with Gasteiger partial charge >= 0.3 is 0 Å². The molecule has 3 rings (SSSR count). The lowest BCUT2D eigenvalue weighted by Crippen LogP contribution is -2.51. The third kappa shape index (κ3) is 4.51. The summed E-state index contributed by atoms with van der Waals surface area (Å²) in [6.07, 6.45) is 1.69. The molecule has 1 saturated heterocycles. The second-order valence-corrected chi connectivity index (χ2v) is 7.07. The standard InChI is InChI=1S/C19H29N3O3/c1-15(23)13-20-8-10-21(11-9-20)14-19(24)22-7-3-4-16-12-17(25-2)5-6-18(16)22/h5-6,12,15,23H,3-4,7-11,13-14H2,1-2H3. The minimum atomic E-state index is -0.296. The lowest BCUT2D eigenvalue weighted by Gasteiger charge is -2.36. The Morgan fingerprint density at radius 2 is 1.92 bits per heavy atom. The van der Waals surface area contributed by atoms with Crippen LogP contribution in [0.25, 0.3) is 0 Å². The molecule has 0 bridgehead atoms. The number of fused-ring (bicyclic) bond motifs is 1. The number of aliphatic hydroxyl groups excluding tert-OH is 1. The first kappa shape index (κ1) is 18.2. The summed E-state index contributed by atoms with van der Waals surface area (Å²) >= 11 is 0. The number of nitrogens with zero attached hydrogens (tertiary/aromatic N) is 3. The zero-order chi connectivity index (χ0) is 17.8. The van der Waals surface area contributed by atoms with E-state index in [-0.39, 0.29) is 12.0 Å². The third-order valence-electron chi connectivity index (χ3n) is 5.05. The van der Waals surface area contributed by atoms with Crippen LogP contribution in [0.4, 0.5) is 5.69 Å². The summed E-state index contributed by atoms with van der Waals surface area (Å²) in [5.41, 5.74) is 2.23. The monoisotopic (exact) mass is 347 g/mol. The van der Waals surface area contributed by atoms with E-state index in [0.29, 0.717) is 13.1 Å². The lowest BCUT2D eigenvalue weighted by atomic mass is 10.0. The smallest absolute Gasteiger partial charge is 0.241 e. The van der Waals surface area contributed by atoms with Crippen molar-refractivity contribution in [2.45, 2.75) is 25.9 Å². The molecular weight excluding hydrogens is 318 g/mol. The average Bonchev–Trinajstić information content (AvgIpc) is 2.61. The van der Waals surface area contributed by atoms with Gasteiger partial charge in [0.25, 0.3) is 0 Å². The van der Waals surface area contributed by atoms with Crippen LogP contribution in [-0.4, -0.2) is 79.8 Å². The zero-order valence-electron chi connectivity index (χ0n) is 15.3. The highest BCUT2D eigenvalue weighted by Gasteiger charge is 2.26. The summed E-state index contributed by atoms with van der Waals surface area (Å²) in [6, 6.07) is 5.98. The number of piperazine rings is 1. The van der Waals surface area contributed by atoms with Crippen molar-refractivity contribution in [1.82, 2.24) is 9.80 Å². The van der Waals surface area contributed by atoms with Crippen molar-refractivity contribution in [1.29, 1.82) is 0 Å². The van der Waals surface area contributed by atoms with Gasteiger partial charge < -0.3 is 14.7 Å². The molecule has 2 aliphatic rings. The highest BCUT2D eigenvalue weighted by molar-refractivity contribution is 5.96. The van der Waals surface area contributed by atoms with Gasteiger partial charge in [0.05, 0.1) is 19.8 Å². The van der Waals surface area contributed by atoms with E-state index in [1.807, 2.05) is 30.0 Å². The molecule has 2 aliphatic heterocycles. The van der Waals surface area contributed by atoms with Crippen molar-refractivity contribution < 1.29 is 14.6 Å². The Hall–Kier alpha value is -1.63. The first-order valence-corrected chi connectivity index (χ1v) is 9.17. The number of carbonyl (C=O) groups excluding carboxylic acids is 1. The van der Waals surface area contributed by atoms with Crippen LogP contribution in [0.15, 0.2) is 18.2 Å². The fourth-order valence-electron chi connectivity index (χ4n) is 3.74. The van der Waals surface area contributed by atoms with Crippen LogP contribution in [0.3, 0.4) is 0 Å². The van der Waals surface area contributed by atoms with E-state index in [0.717, 1.165) is 57.0 Å². The van der Waals surface area contributed by atoms with E-state index < -0.39 is 0 Å². The number of aryl methyl sites for hydroxylation is 1. The quantitative estimate of drug-likeness (QED) is 0.860. The molecule has 6 nitrogen and oxygen atoms in total. The normalized spacial score (nSPS) is 20.2. The van der Waals surface area contributed by atoms with Gasteiger partial charge in [0.1, 0.15) is 5.75 Å². The summed E-state index contributed by atoms with van der Waals surface area (Å²) in [5, 5.41) is 9.49. The number of rotatable bonds is 5. The summed E-state index contributed by atoms with van der Waals surface area (Å²) in [6.45, 7) is 7.36. The molecule has 1 atom stereocenters. The fourth-order valence-corrected chi connectivity index (χ4v) is 3.74. The number of aliphatic hydroxyl groups is 1. The topological polar surface area (TPSA) is 56.2 Å². The lowest BCUT2D eigenvalue weighted by molar-refractivity contribution is -0.120. The van der Waals surface area contributed by atoms with Gasteiger partial charge in [-0.25, -0.2) is 0 Å². The predicted molar refractivity (Wildman–Crippen MR) is 98.2 cm³/mol. The molecule has 1 N–H and O–H groups in total. The zero-order valence-corrected chi connectivity index (χ0v) is 15.3. The predicted octanol–water partition coefficient (Wildman–Crippen LogP) is 0.973. The number of anilines is 1. The first-order valence-electron chi connectivity index (χ1n) is 9.17. The summed E-state index contributed by atoms with van der Waals surface area (Å²) in [5.74, 6) is 1.03. The maximum atomic E-state index is 12.8. The van der Waals surface area contributed by atoms with E-state index in [9.17, 15) is 9.90 Å². The number of hydrogen-bond donors (Lipinski definition) is 1. The Morgan fingerprint density at radius 1 is 1.20 bits per heavy atom. The van der Waals surface area contributed by atoms with Crippen LogP contribution < -0.4 is 9.64 Å². The molecule has 0 aromatic heterocycles. The van der Waals surface area contributed by atoms with Crippen LogP contribution >= 0.6 is 0 Å². The molecule has 25 heavy (non-hydrogen) atoms. The molecular formula is C19H29N3O3. The Bertz CT molecular complexity index is 598. The molecule has 2 heterocycles. The van der Waals surface area contributed by atoms with Crippen LogP contribution in [0.1, 0.15) is 18.9 Å². The molecule has 138 valence electrons. The molecule has 1 fully saturated rings. The van der Waals surface area contributed by atoms with Gasteiger partial charge in [0, 0.05) is 45.0 Å². The Kier molecular flexibility index (Phi) is 5.93. The van der Waals surface area contributed by atoms with Gasteiger partial charge in [-0.1, -0.05) is 0 Å². The minimum Gasteiger partial charge on any atom is -0.497 e. The molecule has 0 spiro atoms. The molecule has 6 heteroatoms. The minimum absolute atomic E-state index is 0.176. The average molecular weight is 347 g/mol. The second-order valence-electron chi connectivity index (χ2n) is 7.07. The molecule has 1 aromatic rings. The van der Waals surface area contributed by atoms with Crippen molar-refractivity contribution in [3.8, 4) is 5.75 Å². The number of carbonyl (C=O) groups is 1. The second kappa shape index (κ2) is 8.17. The van der Waals surface area contributed by atoms with E-state index in [4.69, 9.17) is 4.74 Å². The van der Waals surface area contributed by atoms with Crippen molar-refractivity contribution >= 4 is 11.6 Å². The summed E-state index contributed by atoms with van der Waals surface area (Å²) in [7, 11) is 1.67. The largest absolute Gasteiger partial charge is 0.497 e. The number of ether oxygens (including phenoxy) is 1.